The van der Waals surface area contributed by atoms with Crippen molar-refractivity contribution in [3.05, 3.63) is 177 Å². The smallest absolute Gasteiger partial charge is 0.338 e. The SMILES string of the molecule is CCOC(=O)c1ccc(N=Nc2ccc(N3CCOc4cc(C)ccc4N4CCOCCOCCN(CCOCCOCC4)c4ccc(C)cc4OCC3)c(OCCOC)c2)c([N+](=O)[O-])c1.COCCOc1cc(N=Nc2nccs2)ccc1N1CCOc2cc(C)ccc2N2CCOCCOCCN(CCOCCOCC2)c2ccc(C)cc2OCC1. The van der Waals surface area contributed by atoms with Gasteiger partial charge in [-0.15, -0.1) is 26.7 Å². The van der Waals surface area contributed by atoms with Gasteiger partial charge in [0.15, 0.2) is 5.69 Å². The minimum Gasteiger partial charge on any atom is -0.490 e. The van der Waals surface area contributed by atoms with Gasteiger partial charge in [0.2, 0.25) is 5.13 Å². The summed E-state index contributed by atoms with van der Waals surface area (Å²) in [6.45, 7) is 27.9. The van der Waals surface area contributed by atoms with Crippen LogP contribution in [0.4, 0.5) is 62.0 Å². The topological polar surface area (TPSA) is 299 Å². The van der Waals surface area contributed by atoms with E-state index < -0.39 is 10.9 Å². The number of methoxy groups -OCH3 is 2. The van der Waals surface area contributed by atoms with E-state index in [0.717, 1.165) is 85.4 Å². The van der Waals surface area contributed by atoms with Gasteiger partial charge in [-0.3, -0.25) is 10.1 Å². The monoisotopic (exact) mass is 1720 g/mol. The Hall–Kier alpha value is -10.6. The van der Waals surface area contributed by atoms with Crippen LogP contribution in [0.3, 0.4) is 0 Å². The molecule has 0 atom stereocenters. The number of benzene rings is 7. The second-order valence-corrected chi connectivity index (χ2v) is 29.9. The van der Waals surface area contributed by atoms with Crippen molar-refractivity contribution in [2.24, 2.45) is 20.5 Å². The fourth-order valence-electron chi connectivity index (χ4n) is 13.8. The van der Waals surface area contributed by atoms with E-state index in [1.165, 1.54) is 23.5 Å². The van der Waals surface area contributed by atoms with Crippen LogP contribution in [0.15, 0.2) is 159 Å². The van der Waals surface area contributed by atoms with Crippen LogP contribution >= 0.6 is 11.3 Å². The van der Waals surface area contributed by atoms with Crippen LogP contribution in [-0.4, -0.2) is 274 Å². The zero-order valence-corrected chi connectivity index (χ0v) is 72.7. The summed E-state index contributed by atoms with van der Waals surface area (Å²) in [5.74, 6) is 3.53. The molecule has 8 aromatic rings. The second-order valence-electron chi connectivity index (χ2n) is 29.0. The predicted molar refractivity (Wildman–Crippen MR) is 474 cm³/mol. The number of anilines is 6. The van der Waals surface area contributed by atoms with Crippen LogP contribution in [0, 0.1) is 37.8 Å². The van der Waals surface area contributed by atoms with Gasteiger partial charge in [-0.2, -0.15) is 5.11 Å². The number of carbonyl (C=O) groups is 1. The van der Waals surface area contributed by atoms with E-state index in [1.54, 1.807) is 39.5 Å². The Bertz CT molecular complexity index is 4390. The molecular weight excluding hydrogens is 1600 g/mol. The van der Waals surface area contributed by atoms with Crippen molar-refractivity contribution in [1.29, 1.82) is 0 Å². The lowest BCUT2D eigenvalue weighted by atomic mass is 10.2. The third-order valence-corrected chi connectivity index (χ3v) is 20.8. The number of nitrogens with zero attached hydrogens (tertiary/aromatic N) is 12. The van der Waals surface area contributed by atoms with E-state index in [9.17, 15) is 14.9 Å². The van der Waals surface area contributed by atoms with Gasteiger partial charge in [0.1, 0.15) is 74.1 Å². The molecule has 0 radical (unpaired) electrons. The lowest BCUT2D eigenvalue weighted by molar-refractivity contribution is -0.384. The number of azo groups is 2. The second kappa shape index (κ2) is 51.5. The zero-order chi connectivity index (χ0) is 86.0. The molecule has 6 aliphatic heterocycles. The van der Waals surface area contributed by atoms with Gasteiger partial charge >= 0.3 is 5.97 Å². The van der Waals surface area contributed by atoms with Gasteiger partial charge in [-0.1, -0.05) is 24.3 Å². The number of nitro groups is 1. The van der Waals surface area contributed by atoms with Crippen LogP contribution in [0.1, 0.15) is 39.5 Å². The van der Waals surface area contributed by atoms with E-state index in [4.69, 9.17) is 80.5 Å². The third kappa shape index (κ3) is 30.1. The number of aryl methyl sites for hydroxylation is 4. The average Bonchev–Trinajstić information content (AvgIpc) is 0.928. The molecule has 33 heteroatoms. The number of fused-ring (bicyclic) bond motifs is 40. The number of nitro benzene ring substituents is 1. The van der Waals surface area contributed by atoms with Gasteiger partial charge in [0, 0.05) is 96.4 Å². The van der Waals surface area contributed by atoms with E-state index in [1.807, 2.05) is 55.6 Å². The third-order valence-electron chi connectivity index (χ3n) is 20.1. The molecule has 2 saturated heterocycles. The molecule has 7 aromatic carbocycles. The van der Waals surface area contributed by atoms with Crippen molar-refractivity contribution in [1.82, 2.24) is 4.98 Å². The molecule has 664 valence electrons. The molecule has 7 heterocycles. The maximum Gasteiger partial charge on any atom is 0.338 e. The minimum atomic E-state index is -0.668. The highest BCUT2D eigenvalue weighted by Gasteiger charge is 2.25. The first kappa shape index (κ1) is 93.1. The molecule has 0 unspecified atom stereocenters. The van der Waals surface area contributed by atoms with Gasteiger partial charge in [0.25, 0.3) is 5.69 Å². The van der Waals surface area contributed by atoms with Crippen molar-refractivity contribution in [2.75, 3.05) is 287 Å². The molecule has 0 amide bonds. The predicted octanol–water partition coefficient (Wildman–Crippen LogP) is 14.4. The fraction of sp³-hybridized carbons (Fsp3) is 0.489. The average molecular weight is 1720 g/mol. The molecule has 1 aromatic heterocycles. The normalized spacial score (nSPS) is 16.8. The lowest BCUT2D eigenvalue weighted by Crippen LogP contribution is -2.34. The molecule has 0 aliphatic carbocycles. The fourth-order valence-corrected chi connectivity index (χ4v) is 14.2. The Balaban J connectivity index is 0.000000242. The number of rotatable bonds is 17. The van der Waals surface area contributed by atoms with Gasteiger partial charge in [-0.25, -0.2) is 9.78 Å². The molecular formula is C90H118N12O20S. The summed E-state index contributed by atoms with van der Waals surface area (Å²) in [5.41, 5.74) is 10.4. The highest BCUT2D eigenvalue weighted by atomic mass is 32.1. The van der Waals surface area contributed by atoms with Crippen molar-refractivity contribution in [3.8, 4) is 34.5 Å². The van der Waals surface area contributed by atoms with Crippen molar-refractivity contribution in [3.63, 3.8) is 0 Å². The van der Waals surface area contributed by atoms with Gasteiger partial charge < -0.3 is 110 Å². The molecule has 32 nitrogen and oxygen atoms in total. The van der Waals surface area contributed by atoms with E-state index >= 15 is 0 Å². The first-order valence-electron chi connectivity index (χ1n) is 42.1. The van der Waals surface area contributed by atoms with Crippen LogP contribution in [0.2, 0.25) is 0 Å². The zero-order valence-electron chi connectivity index (χ0n) is 71.9. The van der Waals surface area contributed by atoms with Gasteiger partial charge in [0.05, 0.1) is 208 Å². The number of esters is 1. The summed E-state index contributed by atoms with van der Waals surface area (Å²) in [7, 11) is 3.26. The molecule has 4 bridgehead atoms. The summed E-state index contributed by atoms with van der Waals surface area (Å²) < 4.78 is 104. The Kier molecular flexibility index (Phi) is 39.0. The first-order valence-corrected chi connectivity index (χ1v) is 42.9. The number of carbonyl (C=O) groups excluding carboxylic acids is 1. The molecule has 0 spiro atoms. The summed E-state index contributed by atoms with van der Waals surface area (Å²) in [5, 5.41) is 31.8. The Labute approximate surface area is 724 Å². The summed E-state index contributed by atoms with van der Waals surface area (Å²) in [6.07, 6.45) is 1.71. The number of thiazole rings is 1. The maximum absolute atomic E-state index is 12.3. The summed E-state index contributed by atoms with van der Waals surface area (Å²) >= 11 is 1.43. The standard InChI is InChI=1S/C48H62N6O12.C42H56N6O8S/c1-5-63-48(55)38-8-10-40(44(34-38)54(56)57)50-49-39-9-13-43(47(35-39)66-31-26-58-4)53-18-24-64-45-32-36(2)6-11-41(45)51-14-20-59-27-29-61-22-16-52(17-23-62-30-28-60-21-15-51)42-12-7-37(3)33-46(42)65-25-19-53;1-33-4-7-36-39(30-33)54-21-15-48(38-9-6-35(32-41(38)56-28-23-49-3)44-45-42-43-10-29-57-42)16-22-55-40-31-34(2)5-8-37(40)47-13-19-52-26-24-50-17-11-46(36)12-18-51-25-27-53-20-14-47/h6-13,32-35H,5,14-31H2,1-4H3;4-10,29-32H,11-28H2,1-3H3. The van der Waals surface area contributed by atoms with Crippen LogP contribution in [-0.2, 0) is 52.1 Å². The number of ether oxygens (including phenoxy) is 17. The summed E-state index contributed by atoms with van der Waals surface area (Å²) in [6, 6.07) is 40.2. The van der Waals surface area contributed by atoms with Crippen LogP contribution in [0.5, 0.6) is 34.5 Å². The highest BCUT2D eigenvalue weighted by Crippen LogP contribution is 2.40. The molecule has 0 saturated carbocycles. The largest absolute Gasteiger partial charge is 0.490 e. The van der Waals surface area contributed by atoms with Gasteiger partial charge in [-0.05, 0) is 142 Å². The van der Waals surface area contributed by atoms with Crippen LogP contribution in [0.25, 0.3) is 0 Å². The van der Waals surface area contributed by atoms with E-state index in [0.29, 0.717) is 259 Å². The molecule has 123 heavy (non-hydrogen) atoms. The lowest BCUT2D eigenvalue weighted by Gasteiger charge is -2.29. The Morgan fingerprint density at radius 3 is 1.04 bits per heavy atom. The Morgan fingerprint density at radius 1 is 0.398 bits per heavy atom. The molecule has 14 rings (SSSR count). The summed E-state index contributed by atoms with van der Waals surface area (Å²) in [4.78, 5) is 41.3. The number of hydrogen-bond acceptors (Lipinski definition) is 32. The van der Waals surface area contributed by atoms with E-state index in [-0.39, 0.29) is 30.2 Å². The van der Waals surface area contributed by atoms with Crippen LogP contribution < -0.4 is 57.8 Å². The first-order chi connectivity index (χ1) is 60.3. The highest BCUT2D eigenvalue weighted by molar-refractivity contribution is 7.13. The quantitative estimate of drug-likeness (QED) is 0.0204. The number of aromatic nitrogens is 1. The van der Waals surface area contributed by atoms with E-state index in [2.05, 4.69) is 129 Å². The Morgan fingerprint density at radius 2 is 0.724 bits per heavy atom. The number of hydrogen-bond donors (Lipinski definition) is 0. The van der Waals surface area contributed by atoms with Crippen molar-refractivity contribution < 1.29 is 90.2 Å². The maximum atomic E-state index is 12.3. The molecule has 2 fully saturated rings. The molecule has 6 aliphatic rings. The molecule has 0 N–H and O–H groups in total. The van der Waals surface area contributed by atoms with Crippen molar-refractivity contribution >= 4 is 79.3 Å². The minimum absolute atomic E-state index is 0.0291. The van der Waals surface area contributed by atoms with Crippen molar-refractivity contribution in [2.45, 2.75) is 34.6 Å².